The Labute approximate surface area is 119 Å². The molecule has 1 aliphatic rings. The number of aliphatic carboxylic acids is 1. The van der Waals surface area contributed by atoms with Gasteiger partial charge in [0.2, 0.25) is 0 Å². The average Bonchev–Trinajstić information content (AvgIpc) is 2.87. The van der Waals surface area contributed by atoms with Crippen molar-refractivity contribution in [1.82, 2.24) is 4.90 Å². The smallest absolute Gasteiger partial charge is 0.311 e. The lowest BCUT2D eigenvalue weighted by atomic mass is 10.0. The third kappa shape index (κ3) is 2.79. The molecule has 2 rings (SSSR count). The van der Waals surface area contributed by atoms with Crippen molar-refractivity contribution in [3.63, 3.8) is 0 Å². The number of carboxylic acid groups (broad SMARTS) is 1. The second-order valence-electron chi connectivity index (χ2n) is 4.45. The molecular formula is C13H14BrNO4. The molecule has 0 aromatic heterocycles. The zero-order valence-electron chi connectivity index (χ0n) is 10.4. The maximum Gasteiger partial charge on any atom is 0.311 e. The number of hydrogen-bond donors (Lipinski definition) is 1. The van der Waals surface area contributed by atoms with Crippen molar-refractivity contribution in [3.8, 4) is 0 Å². The molecule has 0 aliphatic carbocycles. The minimum atomic E-state index is -0.936. The fourth-order valence-corrected chi connectivity index (χ4v) is 2.59. The van der Waals surface area contributed by atoms with Crippen LogP contribution in [-0.4, -0.2) is 48.2 Å². The average molecular weight is 328 g/mol. The van der Waals surface area contributed by atoms with E-state index in [0.717, 1.165) is 0 Å². The van der Waals surface area contributed by atoms with Crippen LogP contribution in [0.4, 0.5) is 0 Å². The summed E-state index contributed by atoms with van der Waals surface area (Å²) in [6.45, 7) is 0.400. The molecule has 102 valence electrons. The molecule has 1 N–H and O–H groups in total. The van der Waals surface area contributed by atoms with Crippen LogP contribution >= 0.6 is 15.9 Å². The SMILES string of the molecule is CN(C(=O)c1ccccc1Br)C1COCC1C(=O)O. The number of rotatable bonds is 3. The summed E-state index contributed by atoms with van der Waals surface area (Å²) < 4.78 is 5.87. The molecule has 0 spiro atoms. The van der Waals surface area contributed by atoms with E-state index in [-0.39, 0.29) is 19.1 Å². The van der Waals surface area contributed by atoms with Gasteiger partial charge in [0.05, 0.1) is 24.8 Å². The minimum Gasteiger partial charge on any atom is -0.481 e. The third-order valence-electron chi connectivity index (χ3n) is 3.29. The van der Waals surface area contributed by atoms with Crippen molar-refractivity contribution >= 4 is 27.8 Å². The molecule has 1 amide bonds. The van der Waals surface area contributed by atoms with Gasteiger partial charge in [0.1, 0.15) is 5.92 Å². The van der Waals surface area contributed by atoms with E-state index in [9.17, 15) is 9.59 Å². The van der Waals surface area contributed by atoms with Gasteiger partial charge in [-0.1, -0.05) is 12.1 Å². The van der Waals surface area contributed by atoms with Crippen LogP contribution in [0.3, 0.4) is 0 Å². The van der Waals surface area contributed by atoms with Gasteiger partial charge in [-0.2, -0.15) is 0 Å². The number of carbonyl (C=O) groups excluding carboxylic acids is 1. The maximum absolute atomic E-state index is 12.4. The highest BCUT2D eigenvalue weighted by molar-refractivity contribution is 9.10. The van der Waals surface area contributed by atoms with E-state index >= 15 is 0 Å². The Balaban J connectivity index is 2.20. The first-order valence-electron chi connectivity index (χ1n) is 5.84. The van der Waals surface area contributed by atoms with E-state index in [1.54, 1.807) is 25.2 Å². The number of carbonyl (C=O) groups is 2. The molecular weight excluding hydrogens is 314 g/mol. The summed E-state index contributed by atoms with van der Waals surface area (Å²) in [6, 6.07) is 6.64. The monoisotopic (exact) mass is 327 g/mol. The largest absolute Gasteiger partial charge is 0.481 e. The molecule has 2 atom stereocenters. The van der Waals surface area contributed by atoms with E-state index in [0.29, 0.717) is 10.0 Å². The second kappa shape index (κ2) is 5.71. The lowest BCUT2D eigenvalue weighted by Gasteiger charge is -2.26. The van der Waals surface area contributed by atoms with Crippen molar-refractivity contribution in [2.45, 2.75) is 6.04 Å². The summed E-state index contributed by atoms with van der Waals surface area (Å²) in [5, 5.41) is 9.11. The van der Waals surface area contributed by atoms with E-state index in [1.807, 2.05) is 6.07 Å². The molecule has 5 nitrogen and oxygen atoms in total. The number of amides is 1. The highest BCUT2D eigenvalue weighted by Crippen LogP contribution is 2.23. The normalized spacial score (nSPS) is 22.2. The number of ether oxygens (including phenoxy) is 1. The summed E-state index contributed by atoms with van der Waals surface area (Å²) in [7, 11) is 1.61. The predicted molar refractivity (Wildman–Crippen MR) is 72.0 cm³/mol. The van der Waals surface area contributed by atoms with Gasteiger partial charge in [0.25, 0.3) is 5.91 Å². The van der Waals surface area contributed by atoms with Crippen molar-refractivity contribution in [1.29, 1.82) is 0 Å². The van der Waals surface area contributed by atoms with E-state index in [1.165, 1.54) is 4.90 Å². The number of carboxylic acids is 1. The van der Waals surface area contributed by atoms with E-state index in [2.05, 4.69) is 15.9 Å². The molecule has 2 unspecified atom stereocenters. The van der Waals surface area contributed by atoms with Crippen LogP contribution in [0.25, 0.3) is 0 Å². The van der Waals surface area contributed by atoms with Crippen molar-refractivity contribution < 1.29 is 19.4 Å². The first-order valence-corrected chi connectivity index (χ1v) is 6.64. The Hall–Kier alpha value is -1.40. The zero-order valence-corrected chi connectivity index (χ0v) is 12.0. The van der Waals surface area contributed by atoms with E-state index < -0.39 is 17.9 Å². The van der Waals surface area contributed by atoms with Crippen LogP contribution in [0.15, 0.2) is 28.7 Å². The van der Waals surface area contributed by atoms with Crippen molar-refractivity contribution in [3.05, 3.63) is 34.3 Å². The lowest BCUT2D eigenvalue weighted by molar-refractivity contribution is -0.142. The Morgan fingerprint density at radius 2 is 2.05 bits per heavy atom. The van der Waals surface area contributed by atoms with Crippen LogP contribution in [0, 0.1) is 5.92 Å². The molecule has 1 aromatic carbocycles. The molecule has 0 saturated carbocycles. The quantitative estimate of drug-likeness (QED) is 0.916. The highest BCUT2D eigenvalue weighted by atomic mass is 79.9. The molecule has 0 radical (unpaired) electrons. The summed E-state index contributed by atoms with van der Waals surface area (Å²) in [6.07, 6.45) is 0. The molecule has 1 heterocycles. The first-order chi connectivity index (χ1) is 9.02. The Morgan fingerprint density at radius 3 is 2.68 bits per heavy atom. The summed E-state index contributed by atoms with van der Waals surface area (Å²) in [5.41, 5.74) is 0.515. The van der Waals surface area contributed by atoms with E-state index in [4.69, 9.17) is 9.84 Å². The standard InChI is InChI=1S/C13H14BrNO4/c1-15(11-7-19-6-9(11)13(17)18)12(16)8-4-2-3-5-10(8)14/h2-5,9,11H,6-7H2,1H3,(H,17,18). The van der Waals surface area contributed by atoms with Crippen LogP contribution < -0.4 is 0 Å². The number of halogens is 1. The van der Waals surface area contributed by atoms with Gasteiger partial charge < -0.3 is 14.7 Å². The summed E-state index contributed by atoms with van der Waals surface area (Å²) >= 11 is 3.32. The number of hydrogen-bond acceptors (Lipinski definition) is 3. The molecule has 1 saturated heterocycles. The van der Waals surface area contributed by atoms with Gasteiger partial charge >= 0.3 is 5.97 Å². The van der Waals surface area contributed by atoms with Crippen molar-refractivity contribution in [2.75, 3.05) is 20.3 Å². The van der Waals surface area contributed by atoms with Gasteiger partial charge in [-0.3, -0.25) is 9.59 Å². The Kier molecular flexibility index (Phi) is 4.21. The molecule has 1 aliphatic heterocycles. The van der Waals surface area contributed by atoms with Crippen molar-refractivity contribution in [2.24, 2.45) is 5.92 Å². The summed E-state index contributed by atoms with van der Waals surface area (Å²) in [4.78, 5) is 24.9. The third-order valence-corrected chi connectivity index (χ3v) is 3.98. The van der Waals surface area contributed by atoms with Gasteiger partial charge in [-0.25, -0.2) is 0 Å². The summed E-state index contributed by atoms with van der Waals surface area (Å²) in [5.74, 6) is -1.82. The van der Waals surface area contributed by atoms with Crippen LogP contribution in [0.2, 0.25) is 0 Å². The topological polar surface area (TPSA) is 66.8 Å². The highest BCUT2D eigenvalue weighted by Gasteiger charge is 2.38. The molecule has 6 heteroatoms. The lowest BCUT2D eigenvalue weighted by Crippen LogP contribution is -2.44. The number of nitrogens with zero attached hydrogens (tertiary/aromatic N) is 1. The Morgan fingerprint density at radius 1 is 1.37 bits per heavy atom. The fourth-order valence-electron chi connectivity index (χ4n) is 2.14. The number of benzene rings is 1. The molecule has 1 fully saturated rings. The minimum absolute atomic E-state index is 0.146. The van der Waals surface area contributed by atoms with Crippen LogP contribution in [-0.2, 0) is 9.53 Å². The first kappa shape index (κ1) is 14.0. The second-order valence-corrected chi connectivity index (χ2v) is 5.30. The Bertz CT molecular complexity index is 505. The molecule has 0 bridgehead atoms. The molecule has 19 heavy (non-hydrogen) atoms. The van der Waals surface area contributed by atoms with Crippen LogP contribution in [0.1, 0.15) is 10.4 Å². The van der Waals surface area contributed by atoms with Gasteiger partial charge in [0.15, 0.2) is 0 Å². The zero-order chi connectivity index (χ0) is 14.0. The molecule has 1 aromatic rings. The number of likely N-dealkylation sites (N-methyl/N-ethyl adjacent to an activating group) is 1. The van der Waals surface area contributed by atoms with Gasteiger partial charge in [-0.15, -0.1) is 0 Å². The van der Waals surface area contributed by atoms with Crippen LogP contribution in [0.5, 0.6) is 0 Å². The maximum atomic E-state index is 12.4. The predicted octanol–water partition coefficient (Wildman–Crippen LogP) is 1.62. The van der Waals surface area contributed by atoms with Gasteiger partial charge in [-0.05, 0) is 28.1 Å². The fraction of sp³-hybridized carbons (Fsp3) is 0.385. The van der Waals surface area contributed by atoms with Gasteiger partial charge in [0, 0.05) is 11.5 Å².